The predicted molar refractivity (Wildman–Crippen MR) is 88.1 cm³/mol. The van der Waals surface area contributed by atoms with E-state index in [0.717, 1.165) is 24.2 Å². The first kappa shape index (κ1) is 16.0. The molecule has 0 aromatic heterocycles. The lowest BCUT2D eigenvalue weighted by atomic mass is 10.1. The topological polar surface area (TPSA) is 70.6 Å². The normalized spacial score (nSPS) is 12.5. The molecule has 0 saturated heterocycles. The maximum Gasteiger partial charge on any atom is 0.262 e. The van der Waals surface area contributed by atoms with E-state index in [1.807, 2.05) is 36.4 Å². The monoisotopic (exact) mass is 320 g/mol. The van der Waals surface area contributed by atoms with E-state index in [-0.39, 0.29) is 30.7 Å². The van der Waals surface area contributed by atoms with Crippen LogP contribution < -0.4 is 15.4 Å². The summed E-state index contributed by atoms with van der Waals surface area (Å²) < 4.78 is 5.45. The first-order valence-electron chi connectivity index (χ1n) is 6.80. The standard InChI is InChI=1S/C16H16N2O3.ClH/c19-13-7-6-11(16-15(13)18-14(20)10-21-16)8-9-17-12-4-2-1-3-5-12;/h1-7,17,19H,8-10H2,(H,18,20);1H. The Labute approximate surface area is 134 Å². The lowest BCUT2D eigenvalue weighted by Gasteiger charge is -2.21. The molecule has 2 aromatic carbocycles. The van der Waals surface area contributed by atoms with Crippen LogP contribution >= 0.6 is 12.4 Å². The molecule has 0 spiro atoms. The molecule has 0 saturated carbocycles. The lowest BCUT2D eigenvalue weighted by molar-refractivity contribution is -0.118. The van der Waals surface area contributed by atoms with E-state index in [1.165, 1.54) is 0 Å². The van der Waals surface area contributed by atoms with Crippen LogP contribution in [0, 0.1) is 0 Å². The highest BCUT2D eigenvalue weighted by Crippen LogP contribution is 2.39. The summed E-state index contributed by atoms with van der Waals surface area (Å²) in [6, 6.07) is 13.3. The molecule has 0 bridgehead atoms. The van der Waals surface area contributed by atoms with Gasteiger partial charge in [0, 0.05) is 12.2 Å². The van der Waals surface area contributed by atoms with Gasteiger partial charge in [-0.2, -0.15) is 0 Å². The Morgan fingerprint density at radius 2 is 1.95 bits per heavy atom. The van der Waals surface area contributed by atoms with Gasteiger partial charge in [0.05, 0.1) is 0 Å². The van der Waals surface area contributed by atoms with Crippen LogP contribution in [-0.4, -0.2) is 24.2 Å². The van der Waals surface area contributed by atoms with E-state index in [2.05, 4.69) is 10.6 Å². The molecule has 3 rings (SSSR count). The van der Waals surface area contributed by atoms with Gasteiger partial charge in [-0.05, 0) is 30.2 Å². The van der Waals surface area contributed by atoms with Crippen LogP contribution in [-0.2, 0) is 11.2 Å². The third kappa shape index (κ3) is 3.43. The number of para-hydroxylation sites is 1. The Bertz CT molecular complexity index is 662. The third-order valence-corrected chi connectivity index (χ3v) is 3.33. The molecule has 3 N–H and O–H groups in total. The number of hydrogen-bond acceptors (Lipinski definition) is 4. The van der Waals surface area contributed by atoms with E-state index >= 15 is 0 Å². The number of fused-ring (bicyclic) bond motifs is 1. The number of phenolic OH excluding ortho intramolecular Hbond substituents is 1. The van der Waals surface area contributed by atoms with Crippen molar-refractivity contribution in [3.63, 3.8) is 0 Å². The maximum atomic E-state index is 11.3. The number of anilines is 2. The quantitative estimate of drug-likeness (QED) is 0.758. The van der Waals surface area contributed by atoms with Gasteiger partial charge in [-0.15, -0.1) is 12.4 Å². The Hall–Kier alpha value is -2.40. The number of rotatable bonds is 4. The molecule has 22 heavy (non-hydrogen) atoms. The van der Waals surface area contributed by atoms with Gasteiger partial charge in [-0.25, -0.2) is 0 Å². The average Bonchev–Trinajstić information content (AvgIpc) is 2.51. The number of benzene rings is 2. The van der Waals surface area contributed by atoms with Gasteiger partial charge in [0.2, 0.25) is 0 Å². The van der Waals surface area contributed by atoms with Gasteiger partial charge in [-0.3, -0.25) is 4.79 Å². The molecule has 1 aliphatic heterocycles. The van der Waals surface area contributed by atoms with Crippen molar-refractivity contribution in [3.8, 4) is 11.5 Å². The zero-order chi connectivity index (χ0) is 14.7. The SMILES string of the molecule is Cl.O=C1COc2c(CCNc3ccccc3)ccc(O)c2N1. The Kier molecular flexibility index (Phi) is 5.12. The summed E-state index contributed by atoms with van der Waals surface area (Å²) in [5, 5.41) is 15.8. The minimum absolute atomic E-state index is 0. The molecule has 1 heterocycles. The van der Waals surface area contributed by atoms with Crippen LogP contribution in [0.3, 0.4) is 0 Å². The highest BCUT2D eigenvalue weighted by molar-refractivity contribution is 5.97. The Morgan fingerprint density at radius 3 is 2.73 bits per heavy atom. The summed E-state index contributed by atoms with van der Waals surface area (Å²) >= 11 is 0. The molecule has 6 heteroatoms. The highest BCUT2D eigenvalue weighted by atomic mass is 35.5. The van der Waals surface area contributed by atoms with Crippen molar-refractivity contribution in [2.24, 2.45) is 0 Å². The van der Waals surface area contributed by atoms with Gasteiger partial charge in [0.15, 0.2) is 12.4 Å². The van der Waals surface area contributed by atoms with E-state index in [0.29, 0.717) is 11.4 Å². The molecule has 0 atom stereocenters. The molecule has 116 valence electrons. The Morgan fingerprint density at radius 1 is 1.18 bits per heavy atom. The second-order valence-corrected chi connectivity index (χ2v) is 4.83. The van der Waals surface area contributed by atoms with Crippen molar-refractivity contribution in [2.75, 3.05) is 23.8 Å². The molecule has 0 aliphatic carbocycles. The number of nitrogens with one attached hydrogen (secondary N) is 2. The van der Waals surface area contributed by atoms with Crippen LogP contribution in [0.1, 0.15) is 5.56 Å². The van der Waals surface area contributed by atoms with Crippen LogP contribution in [0.2, 0.25) is 0 Å². The fourth-order valence-corrected chi connectivity index (χ4v) is 2.31. The first-order valence-corrected chi connectivity index (χ1v) is 6.80. The molecule has 5 nitrogen and oxygen atoms in total. The van der Waals surface area contributed by atoms with Crippen molar-refractivity contribution >= 4 is 29.7 Å². The van der Waals surface area contributed by atoms with E-state index in [1.54, 1.807) is 6.07 Å². The zero-order valence-electron chi connectivity index (χ0n) is 11.8. The molecule has 2 aromatic rings. The molecule has 0 radical (unpaired) electrons. The van der Waals surface area contributed by atoms with Gasteiger partial charge >= 0.3 is 0 Å². The largest absolute Gasteiger partial charge is 0.506 e. The fraction of sp³-hybridized carbons (Fsp3) is 0.188. The molecule has 0 fully saturated rings. The van der Waals surface area contributed by atoms with Crippen molar-refractivity contribution in [2.45, 2.75) is 6.42 Å². The van der Waals surface area contributed by atoms with Gasteiger partial charge < -0.3 is 20.5 Å². The lowest BCUT2D eigenvalue weighted by Crippen LogP contribution is -2.26. The number of halogens is 1. The molecular weight excluding hydrogens is 304 g/mol. The third-order valence-electron chi connectivity index (χ3n) is 3.33. The summed E-state index contributed by atoms with van der Waals surface area (Å²) in [7, 11) is 0. The Balaban J connectivity index is 0.00000176. The van der Waals surface area contributed by atoms with E-state index < -0.39 is 0 Å². The van der Waals surface area contributed by atoms with Gasteiger partial charge in [0.25, 0.3) is 5.91 Å². The van der Waals surface area contributed by atoms with Crippen molar-refractivity contribution < 1.29 is 14.6 Å². The summed E-state index contributed by atoms with van der Waals surface area (Å²) in [5.41, 5.74) is 2.37. The maximum absolute atomic E-state index is 11.3. The second kappa shape index (κ2) is 7.04. The number of carbonyl (C=O) groups excluding carboxylic acids is 1. The minimum atomic E-state index is -0.252. The van der Waals surface area contributed by atoms with Crippen LogP contribution in [0.15, 0.2) is 42.5 Å². The first-order chi connectivity index (χ1) is 10.2. The molecule has 0 unspecified atom stereocenters. The number of hydrogen-bond donors (Lipinski definition) is 3. The fourth-order valence-electron chi connectivity index (χ4n) is 2.31. The van der Waals surface area contributed by atoms with Gasteiger partial charge in [0.1, 0.15) is 11.4 Å². The minimum Gasteiger partial charge on any atom is -0.506 e. The highest BCUT2D eigenvalue weighted by Gasteiger charge is 2.22. The summed E-state index contributed by atoms with van der Waals surface area (Å²) in [6.07, 6.45) is 0.730. The molecular formula is C16H17ClN2O3. The van der Waals surface area contributed by atoms with Gasteiger partial charge in [-0.1, -0.05) is 24.3 Å². The second-order valence-electron chi connectivity index (χ2n) is 4.83. The van der Waals surface area contributed by atoms with E-state index in [9.17, 15) is 9.90 Å². The van der Waals surface area contributed by atoms with Crippen molar-refractivity contribution in [1.29, 1.82) is 0 Å². The van der Waals surface area contributed by atoms with Crippen LogP contribution in [0.4, 0.5) is 11.4 Å². The zero-order valence-corrected chi connectivity index (χ0v) is 12.7. The predicted octanol–water partition coefficient (Wildman–Crippen LogP) is 2.80. The number of ether oxygens (including phenoxy) is 1. The van der Waals surface area contributed by atoms with Crippen molar-refractivity contribution in [1.82, 2.24) is 0 Å². The van der Waals surface area contributed by atoms with Crippen LogP contribution in [0.25, 0.3) is 0 Å². The summed E-state index contributed by atoms with van der Waals surface area (Å²) in [4.78, 5) is 11.3. The summed E-state index contributed by atoms with van der Waals surface area (Å²) in [5.74, 6) is 0.333. The molecule has 1 aliphatic rings. The number of aromatic hydroxyl groups is 1. The average molecular weight is 321 g/mol. The van der Waals surface area contributed by atoms with E-state index in [4.69, 9.17) is 4.74 Å². The van der Waals surface area contributed by atoms with Crippen molar-refractivity contribution in [3.05, 3.63) is 48.0 Å². The number of amides is 1. The number of phenols is 1. The van der Waals surface area contributed by atoms with Crippen LogP contribution in [0.5, 0.6) is 11.5 Å². The molecule has 1 amide bonds. The summed E-state index contributed by atoms with van der Waals surface area (Å²) in [6.45, 7) is 0.716. The number of carbonyl (C=O) groups is 1. The smallest absolute Gasteiger partial charge is 0.262 e.